The van der Waals surface area contributed by atoms with Crippen molar-refractivity contribution in [1.29, 1.82) is 0 Å². The Kier molecular flexibility index (Phi) is 21.4. The first-order valence-corrected chi connectivity index (χ1v) is 16.5. The van der Waals surface area contributed by atoms with Crippen molar-refractivity contribution in [2.45, 2.75) is 53.4 Å². The van der Waals surface area contributed by atoms with Crippen LogP contribution in [0.1, 0.15) is 61.8 Å². The van der Waals surface area contributed by atoms with Crippen LogP contribution in [-0.2, 0) is 30.3 Å². The third kappa shape index (κ3) is 17.0. The van der Waals surface area contributed by atoms with E-state index in [0.29, 0.717) is 11.8 Å². The quantitative estimate of drug-likeness (QED) is 0.296. The molecule has 0 amide bonds. The molecule has 0 nitrogen and oxygen atoms in total. The molecule has 0 N–H and O–H groups in total. The number of benzene rings is 2. The molecular formula is C20H28Cl4Rh2. The summed E-state index contributed by atoms with van der Waals surface area (Å²) in [6.07, 6.45) is 0. The third-order valence-electron chi connectivity index (χ3n) is 3.49. The third-order valence-corrected chi connectivity index (χ3v) is 3.49. The van der Waals surface area contributed by atoms with E-state index in [-0.39, 0.29) is 30.3 Å². The van der Waals surface area contributed by atoms with Crippen molar-refractivity contribution in [3.05, 3.63) is 70.8 Å². The monoisotopic (exact) mass is 614 g/mol. The Labute approximate surface area is 191 Å². The normalized spacial score (nSPS) is 9.69. The molecule has 6 heteroatoms. The maximum atomic E-state index is 4.83. The van der Waals surface area contributed by atoms with Crippen LogP contribution < -0.4 is 0 Å². The van der Waals surface area contributed by atoms with Crippen LogP contribution in [0.2, 0.25) is 0 Å². The van der Waals surface area contributed by atoms with Crippen molar-refractivity contribution >= 4 is 38.8 Å². The minimum atomic E-state index is -0.226. The van der Waals surface area contributed by atoms with E-state index in [2.05, 4.69) is 90.1 Å². The zero-order valence-corrected chi connectivity index (χ0v) is 22.3. The summed E-state index contributed by atoms with van der Waals surface area (Å²) in [4.78, 5) is 0. The summed E-state index contributed by atoms with van der Waals surface area (Å²) in [5, 5.41) is 0. The van der Waals surface area contributed by atoms with Gasteiger partial charge in [-0.25, -0.2) is 0 Å². The average molecular weight is 616 g/mol. The molecule has 0 unspecified atom stereocenters. The zero-order chi connectivity index (χ0) is 20.5. The SMILES string of the molecule is Cc1ccc(C(C)C)cc1.Cc1ccc(C(C)C)cc1.[Cl][Rh][Cl].[Cl][Rh][Cl]. The molecule has 0 spiro atoms. The van der Waals surface area contributed by atoms with Gasteiger partial charge in [-0.05, 0) is 36.8 Å². The molecule has 0 aliphatic carbocycles. The topological polar surface area (TPSA) is 0 Å². The Morgan fingerprint density at radius 2 is 0.731 bits per heavy atom. The molecule has 0 radical (unpaired) electrons. The summed E-state index contributed by atoms with van der Waals surface area (Å²) in [7, 11) is 19.3. The fraction of sp³-hybridized carbons (Fsp3) is 0.400. The molecule has 2 rings (SSSR count). The Hall–Kier alpha value is 0.847. The molecule has 0 aliphatic rings. The molecular weight excluding hydrogens is 588 g/mol. The van der Waals surface area contributed by atoms with Gasteiger partial charge in [-0.1, -0.05) is 87.4 Å². The van der Waals surface area contributed by atoms with E-state index in [1.807, 2.05) is 0 Å². The van der Waals surface area contributed by atoms with Crippen LogP contribution >= 0.6 is 38.8 Å². The van der Waals surface area contributed by atoms with Gasteiger partial charge in [0.1, 0.15) is 0 Å². The van der Waals surface area contributed by atoms with Gasteiger partial charge >= 0.3 is 69.1 Å². The Morgan fingerprint density at radius 1 is 0.538 bits per heavy atom. The number of hydrogen-bond acceptors (Lipinski definition) is 0. The van der Waals surface area contributed by atoms with E-state index in [9.17, 15) is 0 Å². The summed E-state index contributed by atoms with van der Waals surface area (Å²) in [6, 6.07) is 17.4. The molecule has 154 valence electrons. The van der Waals surface area contributed by atoms with Gasteiger partial charge in [0.15, 0.2) is 0 Å². The Balaban J connectivity index is 0. The molecule has 0 bridgehead atoms. The van der Waals surface area contributed by atoms with Crippen LogP contribution in [0, 0.1) is 13.8 Å². The second-order valence-electron chi connectivity index (χ2n) is 6.23. The van der Waals surface area contributed by atoms with Gasteiger partial charge in [0.05, 0.1) is 0 Å². The Bertz CT molecular complexity index is 489. The van der Waals surface area contributed by atoms with Crippen LogP contribution in [0.15, 0.2) is 48.5 Å². The average Bonchev–Trinajstić information content (AvgIpc) is 2.58. The van der Waals surface area contributed by atoms with Crippen molar-refractivity contribution in [3.8, 4) is 0 Å². The van der Waals surface area contributed by atoms with Gasteiger partial charge in [-0.15, -0.1) is 0 Å². The second-order valence-corrected chi connectivity index (χ2v) is 11.2. The van der Waals surface area contributed by atoms with Gasteiger partial charge in [-0.2, -0.15) is 0 Å². The van der Waals surface area contributed by atoms with Crippen LogP contribution in [0.4, 0.5) is 0 Å². The molecule has 2 aromatic rings. The summed E-state index contributed by atoms with van der Waals surface area (Å²) >= 11 is -0.451. The first-order valence-electron chi connectivity index (χ1n) is 8.03. The molecule has 0 aliphatic heterocycles. The van der Waals surface area contributed by atoms with Gasteiger partial charge in [0, 0.05) is 0 Å². The molecule has 0 saturated heterocycles. The maximum absolute atomic E-state index is 4.83. The van der Waals surface area contributed by atoms with Crippen molar-refractivity contribution in [2.75, 3.05) is 0 Å². The Morgan fingerprint density at radius 3 is 0.885 bits per heavy atom. The second kappa shape index (κ2) is 19.2. The van der Waals surface area contributed by atoms with Crippen molar-refractivity contribution in [1.82, 2.24) is 0 Å². The zero-order valence-electron chi connectivity index (χ0n) is 16.0. The molecule has 0 heterocycles. The van der Waals surface area contributed by atoms with Gasteiger partial charge in [0.2, 0.25) is 0 Å². The summed E-state index contributed by atoms with van der Waals surface area (Å²) in [5.74, 6) is 1.31. The standard InChI is InChI=1S/2C10H14.4ClH.2Rh/c2*1-8(2)10-6-4-9(3)5-7-10;;;;;;/h2*4-8H,1-3H3;4*1H;;/q;;;;;;2*+2/p-4. The van der Waals surface area contributed by atoms with Crippen molar-refractivity contribution in [2.24, 2.45) is 0 Å². The predicted molar refractivity (Wildman–Crippen MR) is 114 cm³/mol. The van der Waals surface area contributed by atoms with E-state index < -0.39 is 0 Å². The summed E-state index contributed by atoms with van der Waals surface area (Å²) < 4.78 is 0. The van der Waals surface area contributed by atoms with E-state index in [1.54, 1.807) is 0 Å². The van der Waals surface area contributed by atoms with Crippen LogP contribution in [0.3, 0.4) is 0 Å². The van der Waals surface area contributed by atoms with E-state index in [4.69, 9.17) is 38.8 Å². The minimum absolute atomic E-state index is 0.226. The van der Waals surface area contributed by atoms with Crippen LogP contribution in [0.5, 0.6) is 0 Å². The molecule has 2 aromatic carbocycles. The first kappa shape index (κ1) is 29.1. The van der Waals surface area contributed by atoms with Crippen molar-refractivity contribution in [3.63, 3.8) is 0 Å². The predicted octanol–water partition coefficient (Wildman–Crippen LogP) is 8.99. The fourth-order valence-corrected chi connectivity index (χ4v) is 1.90. The van der Waals surface area contributed by atoms with Gasteiger partial charge in [0.25, 0.3) is 0 Å². The first-order chi connectivity index (χ1) is 12.2. The van der Waals surface area contributed by atoms with Crippen LogP contribution in [0.25, 0.3) is 0 Å². The van der Waals surface area contributed by atoms with Crippen LogP contribution in [-0.4, -0.2) is 0 Å². The van der Waals surface area contributed by atoms with Crippen molar-refractivity contribution < 1.29 is 30.3 Å². The van der Waals surface area contributed by atoms with E-state index >= 15 is 0 Å². The summed E-state index contributed by atoms with van der Waals surface area (Å²) in [6.45, 7) is 13.1. The summed E-state index contributed by atoms with van der Waals surface area (Å²) in [5.41, 5.74) is 5.52. The molecule has 26 heavy (non-hydrogen) atoms. The fourth-order valence-electron chi connectivity index (χ4n) is 1.90. The van der Waals surface area contributed by atoms with Gasteiger partial charge < -0.3 is 0 Å². The molecule has 0 atom stereocenters. The molecule has 0 fully saturated rings. The van der Waals surface area contributed by atoms with E-state index in [1.165, 1.54) is 22.3 Å². The molecule has 0 saturated carbocycles. The van der Waals surface area contributed by atoms with Gasteiger partial charge in [-0.3, -0.25) is 0 Å². The number of rotatable bonds is 2. The number of hydrogen-bond donors (Lipinski definition) is 0. The molecule has 0 aromatic heterocycles. The number of aryl methyl sites for hydroxylation is 2. The number of halogens is 4. The van der Waals surface area contributed by atoms with E-state index in [0.717, 1.165) is 0 Å².